The van der Waals surface area contributed by atoms with Crippen LogP contribution in [0.3, 0.4) is 0 Å². The molecule has 1 amide bonds. The number of amides is 1. The summed E-state index contributed by atoms with van der Waals surface area (Å²) >= 11 is 0. The Kier molecular flexibility index (Phi) is 2.05. The Morgan fingerprint density at radius 3 is 2.89 bits per heavy atom. The number of nitrogens with zero attached hydrogens (tertiary/aromatic N) is 1. The van der Waals surface area contributed by atoms with Crippen molar-refractivity contribution >= 4 is 6.41 Å². The minimum Gasteiger partial charge on any atom is -0.334 e. The average molecular weight is 127 g/mol. The largest absolute Gasteiger partial charge is 0.334 e. The van der Waals surface area contributed by atoms with Gasteiger partial charge < -0.3 is 10.6 Å². The maximum absolute atomic E-state index is 10.0. The van der Waals surface area contributed by atoms with Gasteiger partial charge in [-0.3, -0.25) is 4.79 Å². The van der Waals surface area contributed by atoms with E-state index in [9.17, 15) is 4.79 Å². The van der Waals surface area contributed by atoms with E-state index >= 15 is 0 Å². The second-order valence-electron chi connectivity index (χ2n) is 2.43. The van der Waals surface area contributed by atoms with Crippen LogP contribution < -0.4 is 5.73 Å². The van der Waals surface area contributed by atoms with E-state index in [1.165, 1.54) is 0 Å². The first-order valence-corrected chi connectivity index (χ1v) is 3.19. The molecule has 1 atom stereocenters. The molecular formula is C6H11N2O. The maximum Gasteiger partial charge on any atom is 0.312 e. The highest BCUT2D eigenvalue weighted by molar-refractivity contribution is 5.48. The van der Waals surface area contributed by atoms with Crippen LogP contribution in [0.1, 0.15) is 6.42 Å². The molecular weight excluding hydrogens is 116 g/mol. The van der Waals surface area contributed by atoms with Crippen molar-refractivity contribution in [3.05, 3.63) is 0 Å². The van der Waals surface area contributed by atoms with Gasteiger partial charge in [-0.1, -0.05) is 0 Å². The third-order valence-electron chi connectivity index (χ3n) is 1.75. The molecule has 2 N–H and O–H groups in total. The second-order valence-corrected chi connectivity index (χ2v) is 2.43. The van der Waals surface area contributed by atoms with Crippen molar-refractivity contribution in [1.82, 2.24) is 4.90 Å². The Bertz CT molecular complexity index is 105. The fraction of sp³-hybridized carbons (Fsp3) is 0.833. The van der Waals surface area contributed by atoms with Crippen LogP contribution in [0.15, 0.2) is 0 Å². The van der Waals surface area contributed by atoms with Crippen molar-refractivity contribution in [2.45, 2.75) is 6.42 Å². The molecule has 0 aromatic heterocycles. The Labute approximate surface area is 54.8 Å². The highest BCUT2D eigenvalue weighted by Crippen LogP contribution is 2.11. The lowest BCUT2D eigenvalue weighted by Gasteiger charge is -2.05. The van der Waals surface area contributed by atoms with Crippen LogP contribution in [0.2, 0.25) is 0 Å². The fourth-order valence-corrected chi connectivity index (χ4v) is 1.11. The zero-order valence-electron chi connectivity index (χ0n) is 5.34. The number of carbonyl (C=O) groups excluding carboxylic acids is 1. The Morgan fingerprint density at radius 1 is 1.78 bits per heavy atom. The lowest BCUT2D eigenvalue weighted by Crippen LogP contribution is -2.21. The first-order chi connectivity index (χ1) is 4.36. The molecule has 1 rings (SSSR count). The number of hydrogen-bond acceptors (Lipinski definition) is 2. The van der Waals surface area contributed by atoms with Gasteiger partial charge in [0.05, 0.1) is 0 Å². The number of hydrogen-bond donors (Lipinski definition) is 1. The summed E-state index contributed by atoms with van der Waals surface area (Å²) in [6, 6.07) is 0. The average Bonchev–Trinajstić information content (AvgIpc) is 2.34. The summed E-state index contributed by atoms with van der Waals surface area (Å²) < 4.78 is 0. The van der Waals surface area contributed by atoms with Crippen molar-refractivity contribution in [3.8, 4) is 0 Å². The Hall–Kier alpha value is -0.570. The maximum atomic E-state index is 10.0. The van der Waals surface area contributed by atoms with Crippen molar-refractivity contribution in [2.75, 3.05) is 19.6 Å². The molecule has 1 aliphatic heterocycles. The smallest absolute Gasteiger partial charge is 0.312 e. The lowest BCUT2D eigenvalue weighted by atomic mass is 10.1. The molecule has 1 radical (unpaired) electrons. The van der Waals surface area contributed by atoms with E-state index in [0.29, 0.717) is 12.5 Å². The number of rotatable bonds is 2. The van der Waals surface area contributed by atoms with Gasteiger partial charge in [0.25, 0.3) is 0 Å². The van der Waals surface area contributed by atoms with Crippen LogP contribution in [0.5, 0.6) is 0 Å². The molecule has 1 aliphatic rings. The Balaban J connectivity index is 2.28. The van der Waals surface area contributed by atoms with Crippen molar-refractivity contribution in [2.24, 2.45) is 11.7 Å². The van der Waals surface area contributed by atoms with E-state index in [4.69, 9.17) is 5.73 Å². The standard InChI is InChI=1S/C6H11N2O/c7-3-6-1-2-8(4-6)5-9/h6H,1-4,7H2. The normalized spacial score (nSPS) is 26.8. The van der Waals surface area contributed by atoms with Crippen LogP contribution >= 0.6 is 0 Å². The van der Waals surface area contributed by atoms with E-state index in [-0.39, 0.29) is 0 Å². The lowest BCUT2D eigenvalue weighted by molar-refractivity contribution is 0.425. The van der Waals surface area contributed by atoms with E-state index in [1.54, 1.807) is 4.90 Å². The molecule has 0 aromatic carbocycles. The molecule has 51 valence electrons. The first kappa shape index (κ1) is 6.55. The van der Waals surface area contributed by atoms with Gasteiger partial charge in [0.15, 0.2) is 0 Å². The summed E-state index contributed by atoms with van der Waals surface area (Å²) in [7, 11) is 0. The molecule has 1 saturated heterocycles. The topological polar surface area (TPSA) is 46.3 Å². The third-order valence-corrected chi connectivity index (χ3v) is 1.75. The monoisotopic (exact) mass is 127 g/mol. The zero-order chi connectivity index (χ0) is 6.69. The molecule has 0 spiro atoms. The first-order valence-electron chi connectivity index (χ1n) is 3.19. The van der Waals surface area contributed by atoms with Crippen LogP contribution in [-0.2, 0) is 4.79 Å². The zero-order valence-corrected chi connectivity index (χ0v) is 5.34. The Morgan fingerprint density at radius 2 is 2.56 bits per heavy atom. The van der Waals surface area contributed by atoms with Gasteiger partial charge in [-0.2, -0.15) is 0 Å². The van der Waals surface area contributed by atoms with Crippen molar-refractivity contribution in [3.63, 3.8) is 0 Å². The van der Waals surface area contributed by atoms with E-state index in [1.807, 2.05) is 6.41 Å². The summed E-state index contributed by atoms with van der Waals surface area (Å²) in [5, 5.41) is 0. The van der Waals surface area contributed by atoms with Crippen LogP contribution in [-0.4, -0.2) is 30.9 Å². The molecule has 1 fully saturated rings. The van der Waals surface area contributed by atoms with Gasteiger partial charge in [0.2, 0.25) is 0 Å². The molecule has 0 aliphatic carbocycles. The molecule has 0 bridgehead atoms. The highest BCUT2D eigenvalue weighted by atomic mass is 16.1. The minimum atomic E-state index is 0.520. The molecule has 3 heteroatoms. The van der Waals surface area contributed by atoms with E-state index in [0.717, 1.165) is 19.5 Å². The summed E-state index contributed by atoms with van der Waals surface area (Å²) in [5.41, 5.74) is 5.39. The number of nitrogens with two attached hydrogens (primary N) is 1. The van der Waals surface area contributed by atoms with Crippen LogP contribution in [0.4, 0.5) is 0 Å². The van der Waals surface area contributed by atoms with E-state index < -0.39 is 0 Å². The molecule has 0 aromatic rings. The second kappa shape index (κ2) is 2.82. The van der Waals surface area contributed by atoms with E-state index in [2.05, 4.69) is 0 Å². The van der Waals surface area contributed by atoms with Gasteiger partial charge in [0.1, 0.15) is 0 Å². The SMILES string of the molecule is NCC1CCN([C]=O)C1. The minimum absolute atomic E-state index is 0.520. The summed E-state index contributed by atoms with van der Waals surface area (Å²) in [4.78, 5) is 11.7. The fourth-order valence-electron chi connectivity index (χ4n) is 1.11. The summed E-state index contributed by atoms with van der Waals surface area (Å²) in [6.45, 7) is 2.34. The quantitative estimate of drug-likeness (QED) is 0.535. The van der Waals surface area contributed by atoms with Gasteiger partial charge in [-0.25, -0.2) is 0 Å². The molecule has 1 heterocycles. The van der Waals surface area contributed by atoms with Crippen molar-refractivity contribution in [1.29, 1.82) is 0 Å². The number of likely N-dealkylation sites (tertiary alicyclic amines) is 1. The van der Waals surface area contributed by atoms with Crippen LogP contribution in [0.25, 0.3) is 0 Å². The van der Waals surface area contributed by atoms with Crippen molar-refractivity contribution < 1.29 is 4.79 Å². The highest BCUT2D eigenvalue weighted by Gasteiger charge is 2.19. The molecule has 0 saturated carbocycles. The third kappa shape index (κ3) is 1.42. The van der Waals surface area contributed by atoms with Gasteiger partial charge in [-0.05, 0) is 18.9 Å². The predicted molar refractivity (Wildman–Crippen MR) is 34.4 cm³/mol. The molecule has 3 nitrogen and oxygen atoms in total. The summed E-state index contributed by atoms with van der Waals surface area (Å²) in [6.07, 6.45) is 2.90. The predicted octanol–water partition coefficient (Wildman–Crippen LogP) is -0.666. The van der Waals surface area contributed by atoms with Gasteiger partial charge >= 0.3 is 6.41 Å². The van der Waals surface area contributed by atoms with Gasteiger partial charge in [0, 0.05) is 13.1 Å². The van der Waals surface area contributed by atoms with Gasteiger partial charge in [-0.15, -0.1) is 0 Å². The molecule has 1 unspecified atom stereocenters. The molecule has 9 heavy (non-hydrogen) atoms. The summed E-state index contributed by atoms with van der Waals surface area (Å²) in [5.74, 6) is 0.520. The van der Waals surface area contributed by atoms with Crippen LogP contribution in [0, 0.1) is 5.92 Å².